The van der Waals surface area contributed by atoms with E-state index in [0.29, 0.717) is 28.5 Å². The second kappa shape index (κ2) is 7.32. The van der Waals surface area contributed by atoms with Crippen molar-refractivity contribution < 1.29 is 29.2 Å². The number of aromatic nitrogens is 3. The molecule has 2 N–H and O–H groups in total. The van der Waals surface area contributed by atoms with E-state index in [0.717, 1.165) is 0 Å². The summed E-state index contributed by atoms with van der Waals surface area (Å²) in [4.78, 5) is 0. The molecule has 0 spiro atoms. The van der Waals surface area contributed by atoms with Crippen molar-refractivity contribution >= 4 is 0 Å². The molecular weight excluding hydrogens is 354 g/mol. The first-order chi connectivity index (χ1) is 13.0. The largest absolute Gasteiger partial charge is 0.503 e. The minimum absolute atomic E-state index is 0.144. The van der Waals surface area contributed by atoms with Gasteiger partial charge in [-0.25, -0.2) is 4.68 Å². The van der Waals surface area contributed by atoms with Crippen molar-refractivity contribution in [1.29, 1.82) is 0 Å². The van der Waals surface area contributed by atoms with Crippen LogP contribution in [-0.4, -0.2) is 53.6 Å². The van der Waals surface area contributed by atoms with E-state index in [1.807, 2.05) is 0 Å². The summed E-state index contributed by atoms with van der Waals surface area (Å²) in [5, 5.41) is 28.4. The van der Waals surface area contributed by atoms with Gasteiger partial charge in [0.05, 0.1) is 40.3 Å². The molecule has 0 saturated carbocycles. The molecule has 0 amide bonds. The first kappa shape index (κ1) is 18.2. The molecule has 9 nitrogen and oxygen atoms in total. The Hall–Kier alpha value is -3.62. The molecular formula is C18H19N3O6. The maximum absolute atomic E-state index is 10.3. The zero-order valence-corrected chi connectivity index (χ0v) is 15.3. The number of rotatable bonds is 6. The summed E-state index contributed by atoms with van der Waals surface area (Å²) in [5.74, 6) is 0.746. The third-order valence-electron chi connectivity index (χ3n) is 4.05. The van der Waals surface area contributed by atoms with Gasteiger partial charge in [0.1, 0.15) is 5.69 Å². The van der Waals surface area contributed by atoms with Crippen molar-refractivity contribution in [2.45, 2.75) is 0 Å². The maximum atomic E-state index is 10.3. The van der Waals surface area contributed by atoms with Crippen LogP contribution in [0, 0.1) is 0 Å². The van der Waals surface area contributed by atoms with E-state index in [1.54, 1.807) is 18.2 Å². The Morgan fingerprint density at radius 3 is 2.00 bits per heavy atom. The lowest BCUT2D eigenvalue weighted by Gasteiger charge is -2.15. The first-order valence-corrected chi connectivity index (χ1v) is 7.86. The lowest BCUT2D eigenvalue weighted by molar-refractivity contribution is 0.324. The monoisotopic (exact) mass is 373 g/mol. The average molecular weight is 373 g/mol. The van der Waals surface area contributed by atoms with Gasteiger partial charge in [0, 0.05) is 5.56 Å². The smallest absolute Gasteiger partial charge is 0.203 e. The highest BCUT2D eigenvalue weighted by atomic mass is 16.5. The molecule has 0 radical (unpaired) electrons. The van der Waals surface area contributed by atoms with Gasteiger partial charge in [-0.15, -0.1) is 5.10 Å². The molecule has 27 heavy (non-hydrogen) atoms. The van der Waals surface area contributed by atoms with Crippen LogP contribution >= 0.6 is 0 Å². The van der Waals surface area contributed by atoms with Gasteiger partial charge in [-0.1, -0.05) is 5.21 Å². The molecule has 0 aliphatic heterocycles. The second-order valence-corrected chi connectivity index (χ2v) is 5.43. The zero-order valence-electron chi connectivity index (χ0n) is 15.3. The van der Waals surface area contributed by atoms with Gasteiger partial charge < -0.3 is 29.2 Å². The van der Waals surface area contributed by atoms with E-state index in [9.17, 15) is 10.2 Å². The quantitative estimate of drug-likeness (QED) is 0.634. The lowest BCUT2D eigenvalue weighted by Crippen LogP contribution is -2.02. The molecule has 1 heterocycles. The van der Waals surface area contributed by atoms with E-state index in [1.165, 1.54) is 45.4 Å². The van der Waals surface area contributed by atoms with Crippen molar-refractivity contribution in [3.63, 3.8) is 0 Å². The van der Waals surface area contributed by atoms with Crippen LogP contribution in [0.3, 0.4) is 0 Å². The van der Waals surface area contributed by atoms with Crippen LogP contribution in [0.1, 0.15) is 0 Å². The predicted molar refractivity (Wildman–Crippen MR) is 96.3 cm³/mol. The average Bonchev–Trinajstić information content (AvgIpc) is 3.18. The second-order valence-electron chi connectivity index (χ2n) is 5.43. The molecule has 9 heteroatoms. The Labute approximate surface area is 155 Å². The zero-order chi connectivity index (χ0) is 19.6. The Kier molecular flexibility index (Phi) is 4.93. The first-order valence-electron chi connectivity index (χ1n) is 7.86. The molecule has 0 unspecified atom stereocenters. The Balaban J connectivity index is 2.18. The van der Waals surface area contributed by atoms with Crippen LogP contribution < -0.4 is 18.9 Å². The van der Waals surface area contributed by atoms with Gasteiger partial charge in [0.2, 0.25) is 11.5 Å². The van der Waals surface area contributed by atoms with E-state index >= 15 is 0 Å². The highest BCUT2D eigenvalue weighted by Crippen LogP contribution is 2.43. The summed E-state index contributed by atoms with van der Waals surface area (Å²) >= 11 is 0. The summed E-state index contributed by atoms with van der Waals surface area (Å²) < 4.78 is 22.5. The number of phenolic OH excluding ortho intramolecular Hbond substituents is 2. The van der Waals surface area contributed by atoms with Gasteiger partial charge >= 0.3 is 0 Å². The summed E-state index contributed by atoms with van der Waals surface area (Å²) in [6.45, 7) is 0. The molecule has 0 atom stereocenters. The third kappa shape index (κ3) is 3.03. The van der Waals surface area contributed by atoms with Gasteiger partial charge in [-0.05, 0) is 24.3 Å². The number of hydrogen-bond acceptors (Lipinski definition) is 8. The van der Waals surface area contributed by atoms with E-state index in [2.05, 4.69) is 10.3 Å². The van der Waals surface area contributed by atoms with Crippen molar-refractivity contribution in [2.75, 3.05) is 28.4 Å². The predicted octanol–water partition coefficient (Wildman–Crippen LogP) is 2.38. The molecule has 1 aromatic heterocycles. The standard InChI is InChI=1S/C18H19N3O6/c1-24-13-6-5-11(16(22)17(13)23)21-12(9-19-20-21)10-7-14(25-2)18(27-4)15(8-10)26-3/h5-9,22-23H,1-4H3. The van der Waals surface area contributed by atoms with Crippen molar-refractivity contribution in [3.05, 3.63) is 30.5 Å². The van der Waals surface area contributed by atoms with Crippen LogP contribution in [-0.2, 0) is 0 Å². The van der Waals surface area contributed by atoms with E-state index < -0.39 is 0 Å². The van der Waals surface area contributed by atoms with Crippen LogP contribution in [0.2, 0.25) is 0 Å². The third-order valence-corrected chi connectivity index (χ3v) is 4.05. The van der Waals surface area contributed by atoms with E-state index in [4.69, 9.17) is 18.9 Å². The van der Waals surface area contributed by atoms with Crippen molar-refractivity contribution in [2.24, 2.45) is 0 Å². The number of methoxy groups -OCH3 is 4. The van der Waals surface area contributed by atoms with Crippen LogP contribution in [0.5, 0.6) is 34.5 Å². The number of benzene rings is 2. The highest BCUT2D eigenvalue weighted by molar-refractivity contribution is 5.71. The van der Waals surface area contributed by atoms with Crippen LogP contribution in [0.15, 0.2) is 30.5 Å². The lowest BCUT2D eigenvalue weighted by atomic mass is 10.1. The summed E-state index contributed by atoms with van der Waals surface area (Å²) in [6.07, 6.45) is 1.52. The molecule has 142 valence electrons. The van der Waals surface area contributed by atoms with Gasteiger partial charge in [-0.2, -0.15) is 0 Å². The summed E-state index contributed by atoms with van der Waals surface area (Å²) in [7, 11) is 5.95. The molecule has 0 bridgehead atoms. The van der Waals surface area contributed by atoms with Crippen LogP contribution in [0.4, 0.5) is 0 Å². The summed E-state index contributed by atoms with van der Waals surface area (Å²) in [6, 6.07) is 6.54. The minimum Gasteiger partial charge on any atom is -0.503 e. The summed E-state index contributed by atoms with van der Waals surface area (Å²) in [5.41, 5.74) is 1.42. The normalized spacial score (nSPS) is 10.5. The fourth-order valence-corrected chi connectivity index (χ4v) is 2.72. The fraction of sp³-hybridized carbons (Fsp3) is 0.222. The molecule has 3 aromatic rings. The van der Waals surface area contributed by atoms with E-state index in [-0.39, 0.29) is 22.9 Å². The fourth-order valence-electron chi connectivity index (χ4n) is 2.72. The Morgan fingerprint density at radius 1 is 0.815 bits per heavy atom. The Morgan fingerprint density at radius 2 is 1.44 bits per heavy atom. The molecule has 2 aromatic carbocycles. The molecule has 0 fully saturated rings. The molecule has 3 rings (SSSR count). The molecule has 0 aliphatic rings. The number of ether oxygens (including phenoxy) is 4. The van der Waals surface area contributed by atoms with Gasteiger partial charge in [0.25, 0.3) is 0 Å². The SMILES string of the molecule is COc1ccc(-n2nncc2-c2cc(OC)c(OC)c(OC)c2)c(O)c1O. The number of aromatic hydroxyl groups is 2. The maximum Gasteiger partial charge on any atom is 0.203 e. The highest BCUT2D eigenvalue weighted by Gasteiger charge is 2.20. The van der Waals surface area contributed by atoms with Gasteiger partial charge in [0.15, 0.2) is 23.0 Å². The molecule has 0 saturated heterocycles. The van der Waals surface area contributed by atoms with Crippen LogP contribution in [0.25, 0.3) is 16.9 Å². The number of hydrogen-bond donors (Lipinski definition) is 2. The minimum atomic E-state index is -0.388. The number of nitrogens with zero attached hydrogens (tertiary/aromatic N) is 3. The van der Waals surface area contributed by atoms with Crippen molar-refractivity contribution in [1.82, 2.24) is 15.0 Å². The number of phenols is 2. The van der Waals surface area contributed by atoms with Gasteiger partial charge in [-0.3, -0.25) is 0 Å². The molecule has 0 aliphatic carbocycles. The van der Waals surface area contributed by atoms with Crippen molar-refractivity contribution in [3.8, 4) is 51.4 Å². The topological polar surface area (TPSA) is 108 Å². The Bertz CT molecular complexity index is 945.